The summed E-state index contributed by atoms with van der Waals surface area (Å²) in [5.41, 5.74) is 2.49. The largest absolute Gasteiger partial charge is 0.457 e. The Morgan fingerprint density at radius 3 is 1.57 bits per heavy atom. The molecule has 0 saturated carbocycles. The average molecular weight is 412 g/mol. The topological polar surface area (TPSA) is 9.23 Å². The third-order valence-corrected chi connectivity index (χ3v) is 4.29. The summed E-state index contributed by atoms with van der Waals surface area (Å²) < 4.78 is 8.41. The zero-order valence-electron chi connectivity index (χ0n) is 12.5. The smallest absolute Gasteiger partial charge is 0.130 e. The standard InChI is InChI=1S/C18H20Br2O/c1-3-5-13-11-15(19)7-9-17(13)21-18-10-8-16(20)12-14(18)6-4-2/h7-12H,3-6H2,1-2H3. The van der Waals surface area contributed by atoms with Crippen LogP contribution in [-0.2, 0) is 12.8 Å². The second kappa shape index (κ2) is 8.00. The van der Waals surface area contributed by atoms with Gasteiger partial charge in [-0.25, -0.2) is 0 Å². The van der Waals surface area contributed by atoms with Crippen molar-refractivity contribution in [2.45, 2.75) is 39.5 Å². The summed E-state index contributed by atoms with van der Waals surface area (Å²) in [6.07, 6.45) is 4.26. The molecule has 0 spiro atoms. The van der Waals surface area contributed by atoms with Crippen molar-refractivity contribution in [2.75, 3.05) is 0 Å². The van der Waals surface area contributed by atoms with E-state index in [-0.39, 0.29) is 0 Å². The van der Waals surface area contributed by atoms with Crippen molar-refractivity contribution < 1.29 is 4.74 Å². The zero-order chi connectivity index (χ0) is 15.2. The highest BCUT2D eigenvalue weighted by molar-refractivity contribution is 9.10. The molecule has 0 atom stereocenters. The second-order valence-electron chi connectivity index (χ2n) is 5.11. The molecule has 3 heteroatoms. The highest BCUT2D eigenvalue weighted by atomic mass is 79.9. The molecule has 0 aliphatic heterocycles. The van der Waals surface area contributed by atoms with Gasteiger partial charge in [0.1, 0.15) is 11.5 Å². The van der Waals surface area contributed by atoms with Gasteiger partial charge in [-0.15, -0.1) is 0 Å². The predicted molar refractivity (Wildman–Crippen MR) is 96.3 cm³/mol. The second-order valence-corrected chi connectivity index (χ2v) is 6.94. The van der Waals surface area contributed by atoms with Crippen LogP contribution in [0.25, 0.3) is 0 Å². The molecule has 0 aromatic heterocycles. The lowest BCUT2D eigenvalue weighted by molar-refractivity contribution is 0.469. The number of benzene rings is 2. The van der Waals surface area contributed by atoms with Gasteiger partial charge in [0.15, 0.2) is 0 Å². The van der Waals surface area contributed by atoms with Gasteiger partial charge in [0.25, 0.3) is 0 Å². The average Bonchev–Trinajstić information content (AvgIpc) is 2.45. The third kappa shape index (κ3) is 4.58. The Morgan fingerprint density at radius 1 is 0.762 bits per heavy atom. The maximum atomic E-state index is 6.21. The van der Waals surface area contributed by atoms with Crippen LogP contribution in [0.4, 0.5) is 0 Å². The van der Waals surface area contributed by atoms with E-state index >= 15 is 0 Å². The van der Waals surface area contributed by atoms with Crippen LogP contribution in [0, 0.1) is 0 Å². The van der Waals surface area contributed by atoms with E-state index in [1.807, 2.05) is 24.3 Å². The fourth-order valence-electron chi connectivity index (χ4n) is 2.34. The molecule has 0 aliphatic carbocycles. The molecule has 0 bridgehead atoms. The maximum absolute atomic E-state index is 6.21. The fourth-order valence-corrected chi connectivity index (χ4v) is 3.16. The van der Waals surface area contributed by atoms with Gasteiger partial charge >= 0.3 is 0 Å². The summed E-state index contributed by atoms with van der Waals surface area (Å²) in [7, 11) is 0. The molecule has 0 unspecified atom stereocenters. The Morgan fingerprint density at radius 2 is 1.19 bits per heavy atom. The predicted octanol–water partition coefficient (Wildman–Crippen LogP) is 6.91. The van der Waals surface area contributed by atoms with Gasteiger partial charge in [-0.05, 0) is 60.4 Å². The van der Waals surface area contributed by atoms with Crippen molar-refractivity contribution in [2.24, 2.45) is 0 Å². The number of rotatable bonds is 6. The molecule has 112 valence electrons. The summed E-state index contributed by atoms with van der Waals surface area (Å²) in [4.78, 5) is 0. The van der Waals surface area contributed by atoms with Crippen molar-refractivity contribution in [3.8, 4) is 11.5 Å². The van der Waals surface area contributed by atoms with Crippen LogP contribution in [0.1, 0.15) is 37.8 Å². The van der Waals surface area contributed by atoms with Crippen LogP contribution in [0.3, 0.4) is 0 Å². The summed E-state index contributed by atoms with van der Waals surface area (Å²) in [6.45, 7) is 4.37. The summed E-state index contributed by atoms with van der Waals surface area (Å²) in [5.74, 6) is 1.92. The minimum atomic E-state index is 0.958. The first-order valence-corrected chi connectivity index (χ1v) is 8.97. The van der Waals surface area contributed by atoms with Crippen LogP contribution in [0.15, 0.2) is 45.3 Å². The van der Waals surface area contributed by atoms with E-state index in [0.29, 0.717) is 0 Å². The highest BCUT2D eigenvalue weighted by Crippen LogP contribution is 2.32. The summed E-state index contributed by atoms with van der Waals surface area (Å²) >= 11 is 7.08. The molecule has 0 radical (unpaired) electrons. The van der Waals surface area contributed by atoms with E-state index in [4.69, 9.17) is 4.74 Å². The molecule has 2 rings (SSSR count). The summed E-state index contributed by atoms with van der Waals surface area (Å²) in [6, 6.07) is 12.5. The maximum Gasteiger partial charge on any atom is 0.130 e. The molecule has 0 amide bonds. The van der Waals surface area contributed by atoms with Crippen molar-refractivity contribution in [3.63, 3.8) is 0 Å². The number of ether oxygens (including phenoxy) is 1. The Balaban J connectivity index is 2.33. The first-order valence-electron chi connectivity index (χ1n) is 7.38. The normalized spacial score (nSPS) is 10.7. The molecular weight excluding hydrogens is 392 g/mol. The Bertz CT molecular complexity index is 555. The van der Waals surface area contributed by atoms with E-state index in [1.54, 1.807) is 0 Å². The number of hydrogen-bond acceptors (Lipinski definition) is 1. The summed E-state index contributed by atoms with van der Waals surface area (Å²) in [5, 5.41) is 0. The molecule has 0 N–H and O–H groups in total. The Labute approximate surface area is 144 Å². The van der Waals surface area contributed by atoms with Crippen LogP contribution in [0.5, 0.6) is 11.5 Å². The van der Waals surface area contributed by atoms with Gasteiger partial charge in [0, 0.05) is 8.95 Å². The minimum Gasteiger partial charge on any atom is -0.457 e. The first-order chi connectivity index (χ1) is 10.1. The number of hydrogen-bond donors (Lipinski definition) is 0. The van der Waals surface area contributed by atoms with E-state index in [1.165, 1.54) is 11.1 Å². The van der Waals surface area contributed by atoms with Crippen molar-refractivity contribution in [1.29, 1.82) is 0 Å². The molecule has 21 heavy (non-hydrogen) atoms. The van der Waals surface area contributed by atoms with Crippen LogP contribution < -0.4 is 4.74 Å². The number of aryl methyl sites for hydroxylation is 2. The van der Waals surface area contributed by atoms with E-state index in [0.717, 1.165) is 46.1 Å². The number of halogens is 2. The third-order valence-electron chi connectivity index (χ3n) is 3.30. The molecule has 2 aromatic carbocycles. The molecule has 0 heterocycles. The van der Waals surface area contributed by atoms with Crippen LogP contribution in [0.2, 0.25) is 0 Å². The van der Waals surface area contributed by atoms with Gasteiger partial charge in [-0.1, -0.05) is 58.5 Å². The van der Waals surface area contributed by atoms with Crippen molar-refractivity contribution in [1.82, 2.24) is 0 Å². The zero-order valence-corrected chi connectivity index (χ0v) is 15.6. The molecule has 0 aliphatic rings. The van der Waals surface area contributed by atoms with E-state index < -0.39 is 0 Å². The monoisotopic (exact) mass is 410 g/mol. The quantitative estimate of drug-likeness (QED) is 0.501. The minimum absolute atomic E-state index is 0.958. The lowest BCUT2D eigenvalue weighted by atomic mass is 10.1. The Hall–Kier alpha value is -0.800. The van der Waals surface area contributed by atoms with Crippen LogP contribution >= 0.6 is 31.9 Å². The fraction of sp³-hybridized carbons (Fsp3) is 0.333. The lowest BCUT2D eigenvalue weighted by Crippen LogP contribution is -1.95. The van der Waals surface area contributed by atoms with Gasteiger partial charge < -0.3 is 4.74 Å². The van der Waals surface area contributed by atoms with Gasteiger partial charge in [0.05, 0.1) is 0 Å². The highest BCUT2D eigenvalue weighted by Gasteiger charge is 2.09. The van der Waals surface area contributed by atoms with Crippen molar-refractivity contribution in [3.05, 3.63) is 56.5 Å². The van der Waals surface area contributed by atoms with Crippen molar-refractivity contribution >= 4 is 31.9 Å². The molecule has 1 nitrogen and oxygen atoms in total. The molecule has 0 saturated heterocycles. The molecule has 2 aromatic rings. The SMILES string of the molecule is CCCc1cc(Br)ccc1Oc1ccc(Br)cc1CCC. The van der Waals surface area contributed by atoms with Gasteiger partial charge in [-0.2, -0.15) is 0 Å². The lowest BCUT2D eigenvalue weighted by Gasteiger charge is -2.14. The first kappa shape index (κ1) is 16.6. The van der Waals surface area contributed by atoms with Gasteiger partial charge in [-0.3, -0.25) is 0 Å². The van der Waals surface area contributed by atoms with Gasteiger partial charge in [0.2, 0.25) is 0 Å². The van der Waals surface area contributed by atoms with E-state index in [9.17, 15) is 0 Å². The Kier molecular flexibility index (Phi) is 6.31. The molecule has 0 fully saturated rings. The molecular formula is C18H20Br2O. The van der Waals surface area contributed by atoms with E-state index in [2.05, 4.69) is 57.8 Å². The van der Waals surface area contributed by atoms with Crippen LogP contribution in [-0.4, -0.2) is 0 Å².